The van der Waals surface area contributed by atoms with Gasteiger partial charge in [0.25, 0.3) is 0 Å². The van der Waals surface area contributed by atoms with Gasteiger partial charge in [-0.3, -0.25) is 4.79 Å². The van der Waals surface area contributed by atoms with Crippen LogP contribution >= 0.6 is 0 Å². The van der Waals surface area contributed by atoms with Crippen LogP contribution in [0.5, 0.6) is 0 Å². The zero-order chi connectivity index (χ0) is 28.2. The molecule has 0 spiro atoms. The van der Waals surface area contributed by atoms with Gasteiger partial charge >= 0.3 is 0 Å². The standard InChI is InChI=1S/C38H42O2.CH4.H2/c1-25-12-13-31(20-26(25)2)22-33-9-7-11-37(29(33)5)28(4)27(3)21-30-8-6-10-34(23-30)35-14-15-36(24-35)38(39)32-16-18-40-19-17-32;;/h6-14,20,23-24,27,32-33H,4-5,15-19,21-22H2,1-3H3;1H4;1H. The van der Waals surface area contributed by atoms with E-state index in [2.05, 4.69) is 107 Å². The highest BCUT2D eigenvalue weighted by Gasteiger charge is 2.26. The van der Waals surface area contributed by atoms with Crippen molar-refractivity contribution in [2.45, 2.75) is 60.3 Å². The first-order valence-electron chi connectivity index (χ1n) is 14.7. The second kappa shape index (κ2) is 13.4. The van der Waals surface area contributed by atoms with Gasteiger partial charge in [0.05, 0.1) is 0 Å². The summed E-state index contributed by atoms with van der Waals surface area (Å²) in [5.41, 5.74) is 12.1. The summed E-state index contributed by atoms with van der Waals surface area (Å²) in [5, 5.41) is 0. The molecule has 5 rings (SSSR count). The minimum atomic E-state index is 0. The lowest BCUT2D eigenvalue weighted by atomic mass is 9.78. The van der Waals surface area contributed by atoms with E-state index in [-0.39, 0.29) is 26.6 Å². The topological polar surface area (TPSA) is 26.3 Å². The van der Waals surface area contributed by atoms with Crippen molar-refractivity contribution < 1.29 is 11.0 Å². The van der Waals surface area contributed by atoms with Crippen molar-refractivity contribution in [2.24, 2.45) is 17.8 Å². The Morgan fingerprint density at radius 2 is 1.85 bits per heavy atom. The fraction of sp³-hybridized carbons (Fsp3) is 0.359. The van der Waals surface area contributed by atoms with Crippen LogP contribution in [-0.2, 0) is 22.4 Å². The van der Waals surface area contributed by atoms with Gasteiger partial charge in [0.1, 0.15) is 0 Å². The number of hydrogen-bond acceptors (Lipinski definition) is 2. The van der Waals surface area contributed by atoms with Crippen LogP contribution in [0.15, 0.2) is 108 Å². The molecule has 2 atom stereocenters. The van der Waals surface area contributed by atoms with E-state index in [1.165, 1.54) is 33.4 Å². The van der Waals surface area contributed by atoms with Gasteiger partial charge in [0.2, 0.25) is 0 Å². The smallest absolute Gasteiger partial charge is 0.162 e. The van der Waals surface area contributed by atoms with Crippen molar-refractivity contribution in [1.82, 2.24) is 0 Å². The second-order valence-electron chi connectivity index (χ2n) is 11.8. The molecule has 1 heterocycles. The number of hydrogen-bond donors (Lipinski definition) is 0. The van der Waals surface area contributed by atoms with E-state index in [4.69, 9.17) is 4.74 Å². The number of ketones is 1. The zero-order valence-corrected chi connectivity index (χ0v) is 24.3. The number of allylic oxidation sites excluding steroid dienone is 10. The lowest BCUT2D eigenvalue weighted by Crippen LogP contribution is -2.24. The molecular formula is C39H48O2. The van der Waals surface area contributed by atoms with Crippen LogP contribution < -0.4 is 0 Å². The highest BCUT2D eigenvalue weighted by molar-refractivity contribution is 6.02. The molecule has 1 fully saturated rings. The Bertz CT molecular complexity index is 1440. The highest BCUT2D eigenvalue weighted by Crippen LogP contribution is 2.36. The van der Waals surface area contributed by atoms with Crippen molar-refractivity contribution in [2.75, 3.05) is 13.2 Å². The fourth-order valence-corrected chi connectivity index (χ4v) is 6.14. The predicted octanol–water partition coefficient (Wildman–Crippen LogP) is 9.54. The summed E-state index contributed by atoms with van der Waals surface area (Å²) in [6, 6.07) is 15.5. The van der Waals surface area contributed by atoms with Gasteiger partial charge in [-0.25, -0.2) is 0 Å². The first-order valence-corrected chi connectivity index (χ1v) is 14.7. The maximum Gasteiger partial charge on any atom is 0.162 e. The van der Waals surface area contributed by atoms with Crippen molar-refractivity contribution in [3.63, 3.8) is 0 Å². The van der Waals surface area contributed by atoms with Crippen LogP contribution in [0.2, 0.25) is 0 Å². The Hall–Kier alpha value is -3.49. The maximum atomic E-state index is 13.0. The first-order chi connectivity index (χ1) is 19.3. The molecule has 41 heavy (non-hydrogen) atoms. The molecule has 0 saturated carbocycles. The van der Waals surface area contributed by atoms with E-state index in [1.54, 1.807) is 0 Å². The zero-order valence-electron chi connectivity index (χ0n) is 24.3. The van der Waals surface area contributed by atoms with Crippen LogP contribution in [0.3, 0.4) is 0 Å². The summed E-state index contributed by atoms with van der Waals surface area (Å²) < 4.78 is 5.44. The summed E-state index contributed by atoms with van der Waals surface area (Å²) in [6.45, 7) is 17.1. The molecule has 0 N–H and O–H groups in total. The Morgan fingerprint density at radius 3 is 2.61 bits per heavy atom. The SMILES string of the molecule is C.C=C(C1=CC=CC(Cc2ccc(C)c(C)c2)C1=C)C(C)Cc1cccc(C2=CCC(C(=O)C3CCOCC3)=C2)c1.[HH]. The van der Waals surface area contributed by atoms with Crippen LogP contribution in [0.4, 0.5) is 0 Å². The van der Waals surface area contributed by atoms with E-state index < -0.39 is 0 Å². The summed E-state index contributed by atoms with van der Waals surface area (Å²) >= 11 is 0. The molecule has 2 aliphatic carbocycles. The number of benzene rings is 2. The predicted molar refractivity (Wildman–Crippen MR) is 176 cm³/mol. The van der Waals surface area contributed by atoms with E-state index >= 15 is 0 Å². The van der Waals surface area contributed by atoms with Gasteiger partial charge in [-0.15, -0.1) is 0 Å². The Morgan fingerprint density at radius 1 is 1.07 bits per heavy atom. The maximum absolute atomic E-state index is 13.0. The molecule has 0 amide bonds. The Kier molecular flexibility index (Phi) is 9.99. The molecule has 2 nitrogen and oxygen atoms in total. The Balaban J connectivity index is 0.00000242. The van der Waals surface area contributed by atoms with Crippen LogP contribution in [-0.4, -0.2) is 19.0 Å². The number of aryl methyl sites for hydroxylation is 2. The number of carbonyl (C=O) groups is 1. The van der Waals surface area contributed by atoms with Gasteiger partial charge in [-0.1, -0.05) is 94.3 Å². The van der Waals surface area contributed by atoms with Crippen molar-refractivity contribution >= 4 is 11.4 Å². The Labute approximate surface area is 249 Å². The lowest BCUT2D eigenvalue weighted by molar-refractivity contribution is -0.121. The molecule has 2 unspecified atom stereocenters. The highest BCUT2D eigenvalue weighted by atomic mass is 16.5. The monoisotopic (exact) mass is 548 g/mol. The quantitative estimate of drug-likeness (QED) is 0.312. The molecule has 2 aromatic rings. The minimum Gasteiger partial charge on any atom is -0.381 e. The molecule has 0 radical (unpaired) electrons. The molecule has 0 aromatic heterocycles. The summed E-state index contributed by atoms with van der Waals surface area (Å²) in [7, 11) is 0. The number of ether oxygens (including phenoxy) is 1. The third-order valence-corrected chi connectivity index (χ3v) is 8.95. The summed E-state index contributed by atoms with van der Waals surface area (Å²) in [5.74, 6) is 0.992. The van der Waals surface area contributed by atoms with Gasteiger partial charge < -0.3 is 4.74 Å². The average Bonchev–Trinajstić information content (AvgIpc) is 3.46. The van der Waals surface area contributed by atoms with Crippen molar-refractivity contribution in [1.29, 1.82) is 0 Å². The number of carbonyl (C=O) groups excluding carboxylic acids is 1. The molecule has 0 bridgehead atoms. The van der Waals surface area contributed by atoms with Crippen molar-refractivity contribution in [3.05, 3.63) is 136 Å². The van der Waals surface area contributed by atoms with Crippen LogP contribution in [0.1, 0.15) is 62.9 Å². The fourth-order valence-electron chi connectivity index (χ4n) is 6.14. The number of Topliss-reactive ketones (excluding diaryl/α,β-unsaturated/α-hetero) is 1. The van der Waals surface area contributed by atoms with E-state index in [0.29, 0.717) is 19.0 Å². The van der Waals surface area contributed by atoms with Crippen LogP contribution in [0.25, 0.3) is 5.57 Å². The van der Waals surface area contributed by atoms with Gasteiger partial charge in [0, 0.05) is 26.5 Å². The third-order valence-electron chi connectivity index (χ3n) is 8.95. The van der Waals surface area contributed by atoms with Gasteiger partial charge in [-0.05, 0) is 114 Å². The summed E-state index contributed by atoms with van der Waals surface area (Å²) in [6.07, 6.45) is 15.2. The summed E-state index contributed by atoms with van der Waals surface area (Å²) in [4.78, 5) is 13.0. The van der Waals surface area contributed by atoms with E-state index in [0.717, 1.165) is 54.4 Å². The van der Waals surface area contributed by atoms with Crippen LogP contribution in [0, 0.1) is 31.6 Å². The minimum absolute atomic E-state index is 0. The molecule has 216 valence electrons. The van der Waals surface area contributed by atoms with Crippen molar-refractivity contribution in [3.8, 4) is 0 Å². The molecule has 1 saturated heterocycles. The third kappa shape index (κ3) is 7.05. The normalized spacial score (nSPS) is 19.6. The molecule has 2 heteroatoms. The first kappa shape index (κ1) is 30.5. The lowest BCUT2D eigenvalue weighted by Gasteiger charge is -2.26. The molecule has 1 aliphatic heterocycles. The van der Waals surface area contributed by atoms with Gasteiger partial charge in [0.15, 0.2) is 5.78 Å². The second-order valence-corrected chi connectivity index (χ2v) is 11.8. The largest absolute Gasteiger partial charge is 0.381 e. The molecule has 2 aromatic carbocycles. The van der Waals surface area contributed by atoms with E-state index in [1.807, 2.05) is 0 Å². The average molecular weight is 549 g/mol. The molecule has 3 aliphatic rings. The number of rotatable bonds is 9. The van der Waals surface area contributed by atoms with Gasteiger partial charge in [-0.2, -0.15) is 0 Å². The van der Waals surface area contributed by atoms with E-state index in [9.17, 15) is 4.79 Å². The molecular weight excluding hydrogens is 500 g/mol.